The maximum atomic E-state index is 14.7. The highest BCUT2D eigenvalue weighted by Crippen LogP contribution is 2.30. The summed E-state index contributed by atoms with van der Waals surface area (Å²) in [5, 5.41) is -1.43. The summed E-state index contributed by atoms with van der Waals surface area (Å²) < 4.78 is 27.6. The second kappa shape index (κ2) is 10.5. The Balaban J connectivity index is 2.42. The summed E-state index contributed by atoms with van der Waals surface area (Å²) in [5.74, 6) is -1.64. The van der Waals surface area contributed by atoms with Gasteiger partial charge in [0.2, 0.25) is 5.12 Å². The van der Waals surface area contributed by atoms with Crippen LogP contribution in [0.1, 0.15) is 20.8 Å². The molecule has 13 heteroatoms. The zero-order valence-corrected chi connectivity index (χ0v) is 20.3. The summed E-state index contributed by atoms with van der Waals surface area (Å²) in [4.78, 5) is 49.3. The molecule has 0 N–H and O–H groups in total. The predicted molar refractivity (Wildman–Crippen MR) is 121 cm³/mol. The Bertz CT molecular complexity index is 1200. The number of rotatable bonds is 7. The molecule has 0 aliphatic carbocycles. The van der Waals surface area contributed by atoms with Crippen molar-refractivity contribution in [3.05, 3.63) is 48.7 Å². The van der Waals surface area contributed by atoms with Crippen molar-refractivity contribution in [2.75, 3.05) is 6.61 Å². The van der Waals surface area contributed by atoms with Crippen molar-refractivity contribution in [3.63, 3.8) is 0 Å². The lowest BCUT2D eigenvalue weighted by atomic mass is 10.2. The van der Waals surface area contributed by atoms with E-state index >= 15 is 0 Å². The second-order valence-corrected chi connectivity index (χ2v) is 8.74. The van der Waals surface area contributed by atoms with Gasteiger partial charge in [-0.1, -0.05) is 23.4 Å². The van der Waals surface area contributed by atoms with Crippen molar-refractivity contribution in [1.82, 2.24) is 13.7 Å². The van der Waals surface area contributed by atoms with Crippen molar-refractivity contribution >= 4 is 46.7 Å². The third kappa shape index (κ3) is 5.30. The van der Waals surface area contributed by atoms with E-state index in [2.05, 4.69) is 0 Å². The van der Waals surface area contributed by atoms with Crippen molar-refractivity contribution in [2.24, 2.45) is 14.1 Å². The Hall–Kier alpha value is -2.44. The Morgan fingerprint density at radius 3 is 2.28 bits per heavy atom. The smallest absolute Gasteiger partial charge is 0.338 e. The Morgan fingerprint density at radius 1 is 1.19 bits per heavy atom. The zero-order chi connectivity index (χ0) is 24.3. The molecule has 2 atom stereocenters. The highest BCUT2D eigenvalue weighted by Gasteiger charge is 2.25. The minimum Gasteiger partial charge on any atom is -0.480 e. The Labute approximate surface area is 196 Å². The van der Waals surface area contributed by atoms with E-state index in [9.17, 15) is 23.6 Å². The number of aromatic nitrogens is 3. The standard InChI is InChI=1S/C19H21ClFN3O6S2/c1-6-29-15(25)10(3)32-16(26)9(2)30-14-8-13(12(21)7-11(14)20)24-17(27)22(4)19(31)23(5)18(24)28/h7-10H,6H2,1-5H3. The van der Waals surface area contributed by atoms with Gasteiger partial charge in [-0.05, 0) is 39.1 Å². The minimum absolute atomic E-state index is 0.0472. The topological polar surface area (TPSA) is 102 Å². The van der Waals surface area contributed by atoms with Crippen LogP contribution in [-0.2, 0) is 28.4 Å². The van der Waals surface area contributed by atoms with E-state index in [1.165, 1.54) is 27.9 Å². The third-order valence-electron chi connectivity index (χ3n) is 4.32. The fourth-order valence-corrected chi connectivity index (χ4v) is 3.68. The largest absolute Gasteiger partial charge is 0.480 e. The van der Waals surface area contributed by atoms with E-state index in [1.807, 2.05) is 0 Å². The number of ether oxygens (including phenoxy) is 2. The molecule has 32 heavy (non-hydrogen) atoms. The SMILES string of the molecule is CCOC(=O)C(C)SC(=O)C(C)Oc1cc(-n2c(=O)n(C)c(=S)n(C)c2=O)c(F)cc1Cl. The van der Waals surface area contributed by atoms with Crippen molar-refractivity contribution in [2.45, 2.75) is 32.1 Å². The molecule has 1 aromatic heterocycles. The van der Waals surface area contributed by atoms with Crippen LogP contribution in [0.3, 0.4) is 0 Å². The first kappa shape index (κ1) is 25.8. The second-order valence-electron chi connectivity index (χ2n) is 6.63. The van der Waals surface area contributed by atoms with Gasteiger partial charge in [0, 0.05) is 20.2 Å². The van der Waals surface area contributed by atoms with Gasteiger partial charge < -0.3 is 9.47 Å². The highest BCUT2D eigenvalue weighted by atomic mass is 35.5. The van der Waals surface area contributed by atoms with Gasteiger partial charge in [0.1, 0.15) is 16.8 Å². The van der Waals surface area contributed by atoms with Crippen LogP contribution in [0.2, 0.25) is 5.02 Å². The van der Waals surface area contributed by atoms with Crippen LogP contribution >= 0.6 is 35.6 Å². The van der Waals surface area contributed by atoms with Crippen molar-refractivity contribution in [3.8, 4) is 11.4 Å². The van der Waals surface area contributed by atoms with Gasteiger partial charge in [-0.3, -0.25) is 18.7 Å². The molecule has 0 saturated heterocycles. The first-order chi connectivity index (χ1) is 14.9. The number of halogens is 2. The van der Waals surface area contributed by atoms with E-state index in [4.69, 9.17) is 33.3 Å². The summed E-state index contributed by atoms with van der Waals surface area (Å²) >= 11 is 11.8. The van der Waals surface area contributed by atoms with Crippen LogP contribution in [-0.4, -0.2) is 42.7 Å². The predicted octanol–water partition coefficient (Wildman–Crippen LogP) is 2.38. The van der Waals surface area contributed by atoms with E-state index < -0.39 is 45.3 Å². The van der Waals surface area contributed by atoms with Crippen molar-refractivity contribution in [1.29, 1.82) is 0 Å². The van der Waals surface area contributed by atoms with Crippen LogP contribution in [0.25, 0.3) is 5.69 Å². The van der Waals surface area contributed by atoms with E-state index in [1.54, 1.807) is 6.92 Å². The molecule has 0 amide bonds. The lowest BCUT2D eigenvalue weighted by Crippen LogP contribution is -2.43. The number of carbonyl (C=O) groups excluding carboxylic acids is 2. The van der Waals surface area contributed by atoms with Crippen LogP contribution in [0.5, 0.6) is 5.75 Å². The monoisotopic (exact) mass is 505 g/mol. The molecule has 1 aromatic carbocycles. The average molecular weight is 506 g/mol. The quantitative estimate of drug-likeness (QED) is 0.417. The van der Waals surface area contributed by atoms with Gasteiger partial charge in [0.15, 0.2) is 10.9 Å². The van der Waals surface area contributed by atoms with Gasteiger partial charge >= 0.3 is 17.3 Å². The molecule has 0 aliphatic heterocycles. The molecule has 2 unspecified atom stereocenters. The molecule has 2 rings (SSSR count). The number of hydrogen-bond acceptors (Lipinski definition) is 8. The van der Waals surface area contributed by atoms with Gasteiger partial charge in [0.25, 0.3) is 0 Å². The molecule has 1 heterocycles. The van der Waals surface area contributed by atoms with E-state index in [0.717, 1.165) is 21.3 Å². The molecule has 0 fully saturated rings. The van der Waals surface area contributed by atoms with Gasteiger partial charge in [-0.25, -0.2) is 18.5 Å². The summed E-state index contributed by atoms with van der Waals surface area (Å²) in [6.07, 6.45) is -1.08. The van der Waals surface area contributed by atoms with E-state index in [0.29, 0.717) is 16.3 Å². The molecule has 0 bridgehead atoms. The van der Waals surface area contributed by atoms with E-state index in [-0.39, 0.29) is 22.2 Å². The third-order valence-corrected chi connectivity index (χ3v) is 6.27. The number of carbonyl (C=O) groups is 2. The maximum Gasteiger partial charge on any atom is 0.338 e. The normalized spacial score (nSPS) is 12.8. The minimum atomic E-state index is -1.08. The number of esters is 1. The molecule has 0 aliphatic rings. The molecular formula is C19H21ClFN3O6S2. The fourth-order valence-electron chi connectivity index (χ4n) is 2.57. The van der Waals surface area contributed by atoms with Crippen LogP contribution in [0, 0.1) is 10.6 Å². The first-order valence-corrected chi connectivity index (χ1v) is 11.0. The molecule has 0 saturated carbocycles. The summed E-state index contributed by atoms with van der Waals surface area (Å²) in [6.45, 7) is 4.77. The lowest BCUT2D eigenvalue weighted by molar-refractivity contribution is -0.142. The average Bonchev–Trinajstić information content (AvgIpc) is 2.73. The molecule has 9 nitrogen and oxygen atoms in total. The molecule has 0 spiro atoms. The summed E-state index contributed by atoms with van der Waals surface area (Å²) in [5.41, 5.74) is -2.16. The maximum absolute atomic E-state index is 14.7. The van der Waals surface area contributed by atoms with Crippen LogP contribution in [0.15, 0.2) is 21.7 Å². The van der Waals surface area contributed by atoms with Gasteiger partial charge in [-0.2, -0.15) is 0 Å². The number of thioether (sulfide) groups is 1. The first-order valence-electron chi connectivity index (χ1n) is 9.32. The molecule has 2 aromatic rings. The summed E-state index contributed by atoms with van der Waals surface area (Å²) in [7, 11) is 2.68. The van der Waals surface area contributed by atoms with Crippen LogP contribution < -0.4 is 16.1 Å². The van der Waals surface area contributed by atoms with Gasteiger partial charge in [-0.15, -0.1) is 0 Å². The Morgan fingerprint density at radius 2 is 1.75 bits per heavy atom. The zero-order valence-electron chi connectivity index (χ0n) is 17.9. The lowest BCUT2D eigenvalue weighted by Gasteiger charge is -2.18. The van der Waals surface area contributed by atoms with Crippen molar-refractivity contribution < 1.29 is 23.5 Å². The van der Waals surface area contributed by atoms with Crippen LogP contribution in [0.4, 0.5) is 4.39 Å². The molecule has 174 valence electrons. The summed E-state index contributed by atoms with van der Waals surface area (Å²) in [6, 6.07) is 1.91. The fraction of sp³-hybridized carbons (Fsp3) is 0.421. The number of benzene rings is 1. The number of nitrogens with zero attached hydrogens (tertiary/aromatic N) is 3. The Kier molecular flexibility index (Phi) is 8.43. The molecular weight excluding hydrogens is 485 g/mol. The van der Waals surface area contributed by atoms with Gasteiger partial charge in [0.05, 0.1) is 17.3 Å². The number of hydrogen-bond donors (Lipinski definition) is 0. The molecule has 0 radical (unpaired) electrons. The highest BCUT2D eigenvalue weighted by molar-refractivity contribution is 8.14.